The molecular formula is C21H25ClN2O2. The van der Waals surface area contributed by atoms with Crippen molar-refractivity contribution in [1.82, 2.24) is 10.6 Å². The van der Waals surface area contributed by atoms with E-state index in [2.05, 4.69) is 10.6 Å². The van der Waals surface area contributed by atoms with Crippen molar-refractivity contribution in [3.8, 4) is 0 Å². The van der Waals surface area contributed by atoms with Crippen molar-refractivity contribution in [1.29, 1.82) is 0 Å². The van der Waals surface area contributed by atoms with Crippen LogP contribution in [0.25, 0.3) is 0 Å². The van der Waals surface area contributed by atoms with Gasteiger partial charge in [-0.05, 0) is 42.2 Å². The predicted molar refractivity (Wildman–Crippen MR) is 105 cm³/mol. The number of hydrogen-bond donors (Lipinski definition) is 2. The number of amides is 2. The van der Waals surface area contributed by atoms with Crippen LogP contribution in [-0.2, 0) is 11.2 Å². The molecule has 0 spiro atoms. The molecule has 0 fully saturated rings. The van der Waals surface area contributed by atoms with Gasteiger partial charge in [0.1, 0.15) is 6.04 Å². The minimum Gasteiger partial charge on any atom is -0.354 e. The first-order valence-corrected chi connectivity index (χ1v) is 9.27. The van der Waals surface area contributed by atoms with E-state index < -0.39 is 6.04 Å². The molecule has 5 heteroatoms. The SMILES string of the molecule is CCC(C)C(NC(=O)c1ccccc1)C(=O)NCCc1ccc(Cl)cc1. The van der Waals surface area contributed by atoms with E-state index in [0.717, 1.165) is 12.0 Å². The smallest absolute Gasteiger partial charge is 0.251 e. The van der Waals surface area contributed by atoms with Crippen molar-refractivity contribution in [3.63, 3.8) is 0 Å². The summed E-state index contributed by atoms with van der Waals surface area (Å²) in [7, 11) is 0. The van der Waals surface area contributed by atoms with Gasteiger partial charge >= 0.3 is 0 Å². The quantitative estimate of drug-likeness (QED) is 0.739. The highest BCUT2D eigenvalue weighted by atomic mass is 35.5. The van der Waals surface area contributed by atoms with Gasteiger partial charge in [0, 0.05) is 17.1 Å². The highest BCUT2D eigenvalue weighted by Crippen LogP contribution is 2.11. The standard InChI is InChI=1S/C21H25ClN2O2/c1-3-15(2)19(24-20(25)17-7-5-4-6-8-17)21(26)23-14-13-16-9-11-18(22)12-10-16/h4-12,15,19H,3,13-14H2,1-2H3,(H,23,26)(H,24,25). The Balaban J connectivity index is 1.93. The number of rotatable bonds is 8. The molecule has 2 aromatic rings. The molecule has 0 aromatic heterocycles. The summed E-state index contributed by atoms with van der Waals surface area (Å²) in [4.78, 5) is 25.0. The zero-order valence-electron chi connectivity index (χ0n) is 15.2. The Kier molecular flexibility index (Phi) is 7.67. The van der Waals surface area contributed by atoms with Gasteiger partial charge in [-0.15, -0.1) is 0 Å². The Hall–Kier alpha value is -2.33. The lowest BCUT2D eigenvalue weighted by molar-refractivity contribution is -0.124. The maximum Gasteiger partial charge on any atom is 0.251 e. The van der Waals surface area contributed by atoms with E-state index in [4.69, 9.17) is 11.6 Å². The second-order valence-corrected chi connectivity index (χ2v) is 6.81. The van der Waals surface area contributed by atoms with Crippen molar-refractivity contribution in [2.45, 2.75) is 32.7 Å². The van der Waals surface area contributed by atoms with Gasteiger partial charge in [0.2, 0.25) is 5.91 Å². The molecule has 26 heavy (non-hydrogen) atoms. The number of benzene rings is 2. The molecule has 0 heterocycles. The van der Waals surface area contributed by atoms with Crippen LogP contribution in [-0.4, -0.2) is 24.4 Å². The number of carbonyl (C=O) groups excluding carboxylic acids is 2. The van der Waals surface area contributed by atoms with Crippen molar-refractivity contribution < 1.29 is 9.59 Å². The third kappa shape index (κ3) is 5.88. The Morgan fingerprint density at radius 1 is 1.04 bits per heavy atom. The lowest BCUT2D eigenvalue weighted by atomic mass is 9.97. The first kappa shape index (κ1) is 20.0. The molecule has 2 unspecified atom stereocenters. The molecular weight excluding hydrogens is 348 g/mol. The third-order valence-corrected chi connectivity index (χ3v) is 4.70. The van der Waals surface area contributed by atoms with Crippen molar-refractivity contribution in [2.75, 3.05) is 6.54 Å². The van der Waals surface area contributed by atoms with Gasteiger partial charge in [0.05, 0.1) is 0 Å². The average Bonchev–Trinajstić information content (AvgIpc) is 2.67. The first-order valence-electron chi connectivity index (χ1n) is 8.89. The molecule has 2 amide bonds. The van der Waals surface area contributed by atoms with Gasteiger partial charge in [-0.2, -0.15) is 0 Å². The normalized spacial score (nSPS) is 12.9. The molecule has 0 bridgehead atoms. The highest BCUT2D eigenvalue weighted by Gasteiger charge is 2.25. The Morgan fingerprint density at radius 3 is 2.31 bits per heavy atom. The molecule has 2 rings (SSSR count). The largest absolute Gasteiger partial charge is 0.354 e. The fourth-order valence-electron chi connectivity index (χ4n) is 2.61. The molecule has 0 saturated carbocycles. The second-order valence-electron chi connectivity index (χ2n) is 6.37. The van der Waals surface area contributed by atoms with Crippen LogP contribution in [0, 0.1) is 5.92 Å². The molecule has 0 aliphatic carbocycles. The fourth-order valence-corrected chi connectivity index (χ4v) is 2.73. The maximum absolute atomic E-state index is 12.6. The zero-order valence-corrected chi connectivity index (χ0v) is 15.9. The summed E-state index contributed by atoms with van der Waals surface area (Å²) in [5.41, 5.74) is 1.65. The predicted octanol–water partition coefficient (Wildman–Crippen LogP) is 3.84. The summed E-state index contributed by atoms with van der Waals surface area (Å²) in [6, 6.07) is 15.9. The summed E-state index contributed by atoms with van der Waals surface area (Å²) in [6.07, 6.45) is 1.51. The molecule has 0 saturated heterocycles. The van der Waals surface area contributed by atoms with E-state index in [9.17, 15) is 9.59 Å². The van der Waals surface area contributed by atoms with Gasteiger partial charge in [0.25, 0.3) is 5.91 Å². The molecule has 2 aromatic carbocycles. The summed E-state index contributed by atoms with van der Waals surface area (Å²) in [5, 5.41) is 6.50. The molecule has 4 nitrogen and oxygen atoms in total. The van der Waals surface area contributed by atoms with Gasteiger partial charge < -0.3 is 10.6 Å². The Bertz CT molecular complexity index is 717. The van der Waals surface area contributed by atoms with Crippen LogP contribution in [0.2, 0.25) is 5.02 Å². The lowest BCUT2D eigenvalue weighted by Gasteiger charge is -2.23. The van der Waals surface area contributed by atoms with Gasteiger partial charge in [0.15, 0.2) is 0 Å². The molecule has 2 N–H and O–H groups in total. The molecule has 0 aliphatic heterocycles. The summed E-state index contributed by atoms with van der Waals surface area (Å²) in [5.74, 6) is -0.348. The maximum atomic E-state index is 12.6. The summed E-state index contributed by atoms with van der Waals surface area (Å²) < 4.78 is 0. The topological polar surface area (TPSA) is 58.2 Å². The lowest BCUT2D eigenvalue weighted by Crippen LogP contribution is -2.50. The van der Waals surface area contributed by atoms with Crippen LogP contribution in [0.3, 0.4) is 0 Å². The van der Waals surface area contributed by atoms with Crippen molar-refractivity contribution in [2.24, 2.45) is 5.92 Å². The number of hydrogen-bond acceptors (Lipinski definition) is 2. The minimum absolute atomic E-state index is 0.0400. The molecule has 138 valence electrons. The van der Waals surface area contributed by atoms with Crippen LogP contribution in [0.15, 0.2) is 54.6 Å². The molecule has 2 atom stereocenters. The van der Waals surface area contributed by atoms with E-state index in [1.165, 1.54) is 0 Å². The van der Waals surface area contributed by atoms with Gasteiger partial charge in [-0.25, -0.2) is 0 Å². The third-order valence-electron chi connectivity index (χ3n) is 4.44. The average molecular weight is 373 g/mol. The van der Waals surface area contributed by atoms with E-state index >= 15 is 0 Å². The van der Waals surface area contributed by atoms with E-state index in [0.29, 0.717) is 23.6 Å². The number of nitrogens with one attached hydrogen (secondary N) is 2. The first-order chi connectivity index (χ1) is 12.5. The Labute approximate surface area is 159 Å². The second kappa shape index (κ2) is 9.97. The van der Waals surface area contributed by atoms with Crippen LogP contribution in [0.5, 0.6) is 0 Å². The van der Waals surface area contributed by atoms with Crippen molar-refractivity contribution >= 4 is 23.4 Å². The van der Waals surface area contributed by atoms with Crippen LogP contribution in [0.1, 0.15) is 36.2 Å². The van der Waals surface area contributed by atoms with Crippen molar-refractivity contribution in [3.05, 3.63) is 70.7 Å². The highest BCUT2D eigenvalue weighted by molar-refractivity contribution is 6.30. The van der Waals surface area contributed by atoms with Crippen LogP contribution in [0.4, 0.5) is 0 Å². The minimum atomic E-state index is -0.557. The number of carbonyl (C=O) groups is 2. The van der Waals surface area contributed by atoms with Crippen LogP contribution < -0.4 is 10.6 Å². The van der Waals surface area contributed by atoms with Gasteiger partial charge in [-0.1, -0.05) is 62.2 Å². The Morgan fingerprint density at radius 2 is 1.69 bits per heavy atom. The van der Waals surface area contributed by atoms with E-state index in [1.807, 2.05) is 44.2 Å². The monoisotopic (exact) mass is 372 g/mol. The van der Waals surface area contributed by atoms with E-state index in [-0.39, 0.29) is 17.7 Å². The fraction of sp³-hybridized carbons (Fsp3) is 0.333. The van der Waals surface area contributed by atoms with Crippen LogP contribution >= 0.6 is 11.6 Å². The molecule has 0 aliphatic rings. The zero-order chi connectivity index (χ0) is 18.9. The summed E-state index contributed by atoms with van der Waals surface area (Å²) in [6.45, 7) is 4.48. The molecule has 0 radical (unpaired) electrons. The summed E-state index contributed by atoms with van der Waals surface area (Å²) >= 11 is 5.88. The number of halogens is 1. The van der Waals surface area contributed by atoms with Gasteiger partial charge in [-0.3, -0.25) is 9.59 Å². The van der Waals surface area contributed by atoms with E-state index in [1.54, 1.807) is 24.3 Å².